The van der Waals surface area contributed by atoms with Crippen LogP contribution < -0.4 is 5.32 Å². The maximum atomic E-state index is 4.48. The fraction of sp³-hybridized carbons (Fsp3) is 0.667. The van der Waals surface area contributed by atoms with E-state index >= 15 is 0 Å². The number of nitrogens with zero attached hydrogens (tertiary/aromatic N) is 2. The summed E-state index contributed by atoms with van der Waals surface area (Å²) in [4.78, 5) is 7.02. The van der Waals surface area contributed by atoms with Crippen LogP contribution in [0.3, 0.4) is 0 Å². The van der Waals surface area contributed by atoms with Gasteiger partial charge in [-0.2, -0.15) is 0 Å². The number of pyridine rings is 1. The van der Waals surface area contributed by atoms with E-state index in [1.165, 1.54) is 5.69 Å². The highest BCUT2D eigenvalue weighted by molar-refractivity contribution is 5.08. The Bertz CT molecular complexity index is 369. The molecule has 2 rings (SSSR count). The van der Waals surface area contributed by atoms with E-state index < -0.39 is 0 Å². The van der Waals surface area contributed by atoms with Gasteiger partial charge in [-0.1, -0.05) is 26.8 Å². The first-order valence-corrected chi connectivity index (χ1v) is 6.87. The molecule has 0 aromatic carbocycles. The van der Waals surface area contributed by atoms with Crippen LogP contribution in [0.4, 0.5) is 0 Å². The van der Waals surface area contributed by atoms with Gasteiger partial charge in [0.15, 0.2) is 0 Å². The molecule has 0 spiro atoms. The van der Waals surface area contributed by atoms with Gasteiger partial charge in [0.05, 0.1) is 5.69 Å². The Morgan fingerprint density at radius 1 is 1.39 bits per heavy atom. The summed E-state index contributed by atoms with van der Waals surface area (Å²) in [5.74, 6) is 0. The van der Waals surface area contributed by atoms with E-state index in [0.717, 1.165) is 19.6 Å². The molecular formula is C15H25N3. The molecule has 1 aromatic heterocycles. The fourth-order valence-corrected chi connectivity index (χ4v) is 2.51. The average Bonchev–Trinajstić information content (AvgIpc) is 2.38. The van der Waals surface area contributed by atoms with Gasteiger partial charge in [-0.15, -0.1) is 0 Å². The number of rotatable bonds is 2. The van der Waals surface area contributed by atoms with Crippen molar-refractivity contribution >= 4 is 0 Å². The molecule has 1 aromatic rings. The Morgan fingerprint density at radius 3 is 2.78 bits per heavy atom. The van der Waals surface area contributed by atoms with Gasteiger partial charge in [0, 0.05) is 37.9 Å². The van der Waals surface area contributed by atoms with Crippen LogP contribution >= 0.6 is 0 Å². The molecular weight excluding hydrogens is 222 g/mol. The predicted octanol–water partition coefficient (Wildman–Crippen LogP) is 2.46. The first kappa shape index (κ1) is 13.5. The van der Waals surface area contributed by atoms with Gasteiger partial charge in [-0.3, -0.25) is 9.88 Å². The zero-order chi connectivity index (χ0) is 13.2. The second kappa shape index (κ2) is 5.37. The third-order valence-corrected chi connectivity index (χ3v) is 3.92. The third kappa shape index (κ3) is 3.09. The standard InChI is InChI=1S/C15H25N3/c1-12(13-7-5-6-8-16-13)18-10-9-17-14(11-18)15(2,3)4/h5-8,12,14,17H,9-11H2,1-4H3. The molecule has 100 valence electrons. The molecule has 0 saturated carbocycles. The van der Waals surface area contributed by atoms with Gasteiger partial charge in [0.1, 0.15) is 0 Å². The topological polar surface area (TPSA) is 28.2 Å². The second-order valence-electron chi connectivity index (χ2n) is 6.30. The van der Waals surface area contributed by atoms with E-state index in [-0.39, 0.29) is 0 Å². The first-order chi connectivity index (χ1) is 8.48. The van der Waals surface area contributed by atoms with Crippen molar-refractivity contribution in [3.8, 4) is 0 Å². The average molecular weight is 247 g/mol. The van der Waals surface area contributed by atoms with E-state index in [9.17, 15) is 0 Å². The van der Waals surface area contributed by atoms with Gasteiger partial charge in [0.25, 0.3) is 0 Å². The van der Waals surface area contributed by atoms with Crippen molar-refractivity contribution in [2.75, 3.05) is 19.6 Å². The molecule has 0 aliphatic carbocycles. The van der Waals surface area contributed by atoms with Gasteiger partial charge in [0.2, 0.25) is 0 Å². The smallest absolute Gasteiger partial charge is 0.0572 e. The lowest BCUT2D eigenvalue weighted by molar-refractivity contribution is 0.103. The Hall–Kier alpha value is -0.930. The molecule has 1 aliphatic heterocycles. The third-order valence-electron chi connectivity index (χ3n) is 3.92. The van der Waals surface area contributed by atoms with Gasteiger partial charge in [-0.05, 0) is 24.5 Å². The molecule has 2 heterocycles. The van der Waals surface area contributed by atoms with Crippen molar-refractivity contribution in [2.45, 2.75) is 39.8 Å². The van der Waals surface area contributed by atoms with Crippen LogP contribution in [0.15, 0.2) is 24.4 Å². The molecule has 0 bridgehead atoms. The van der Waals surface area contributed by atoms with E-state index in [1.54, 1.807) is 0 Å². The molecule has 1 N–H and O–H groups in total. The minimum atomic E-state index is 0.308. The number of hydrogen-bond donors (Lipinski definition) is 1. The lowest BCUT2D eigenvalue weighted by atomic mass is 9.85. The normalized spacial score (nSPS) is 23.9. The maximum Gasteiger partial charge on any atom is 0.0572 e. The van der Waals surface area contributed by atoms with Crippen LogP contribution in [0, 0.1) is 5.41 Å². The van der Waals surface area contributed by atoms with E-state index in [1.807, 2.05) is 12.3 Å². The van der Waals surface area contributed by atoms with Crippen LogP contribution in [0.2, 0.25) is 0 Å². The van der Waals surface area contributed by atoms with Gasteiger partial charge in [-0.25, -0.2) is 0 Å². The SMILES string of the molecule is CC(c1ccccn1)N1CCNC(C(C)(C)C)C1. The molecule has 2 atom stereocenters. The summed E-state index contributed by atoms with van der Waals surface area (Å²) < 4.78 is 0. The highest BCUT2D eigenvalue weighted by Gasteiger charge is 2.31. The Labute approximate surface area is 111 Å². The molecule has 1 saturated heterocycles. The van der Waals surface area contributed by atoms with Crippen molar-refractivity contribution < 1.29 is 0 Å². The van der Waals surface area contributed by atoms with Crippen LogP contribution in [-0.4, -0.2) is 35.6 Å². The predicted molar refractivity (Wildman–Crippen MR) is 75.5 cm³/mol. The van der Waals surface area contributed by atoms with Gasteiger partial charge >= 0.3 is 0 Å². The molecule has 2 unspecified atom stereocenters. The maximum absolute atomic E-state index is 4.48. The number of nitrogens with one attached hydrogen (secondary N) is 1. The highest BCUT2D eigenvalue weighted by Crippen LogP contribution is 2.26. The van der Waals surface area contributed by atoms with Crippen LogP contribution in [0.25, 0.3) is 0 Å². The minimum Gasteiger partial charge on any atom is -0.311 e. The summed E-state index contributed by atoms with van der Waals surface area (Å²) in [6.45, 7) is 12.4. The van der Waals surface area contributed by atoms with Crippen LogP contribution in [0.1, 0.15) is 39.4 Å². The summed E-state index contributed by atoms with van der Waals surface area (Å²) in [5, 5.41) is 3.63. The minimum absolute atomic E-state index is 0.308. The second-order valence-corrected chi connectivity index (χ2v) is 6.30. The number of piperazine rings is 1. The lowest BCUT2D eigenvalue weighted by Crippen LogP contribution is -2.56. The summed E-state index contributed by atoms with van der Waals surface area (Å²) >= 11 is 0. The van der Waals surface area contributed by atoms with Gasteiger partial charge < -0.3 is 5.32 Å². The molecule has 0 amide bonds. The van der Waals surface area contributed by atoms with Crippen molar-refractivity contribution in [3.63, 3.8) is 0 Å². The van der Waals surface area contributed by atoms with Crippen LogP contribution in [-0.2, 0) is 0 Å². The summed E-state index contributed by atoms with van der Waals surface area (Å²) in [7, 11) is 0. The fourth-order valence-electron chi connectivity index (χ4n) is 2.51. The molecule has 3 nitrogen and oxygen atoms in total. The lowest BCUT2D eigenvalue weighted by Gasteiger charge is -2.42. The van der Waals surface area contributed by atoms with Crippen LogP contribution in [0.5, 0.6) is 0 Å². The Morgan fingerprint density at radius 2 is 2.17 bits per heavy atom. The van der Waals surface area contributed by atoms with Crippen molar-refractivity contribution in [3.05, 3.63) is 30.1 Å². The Balaban J connectivity index is 2.05. The quantitative estimate of drug-likeness (QED) is 0.870. The Kier molecular flexibility index (Phi) is 4.03. The molecule has 18 heavy (non-hydrogen) atoms. The molecule has 1 aliphatic rings. The number of hydrogen-bond acceptors (Lipinski definition) is 3. The van der Waals surface area contributed by atoms with Crippen molar-refractivity contribution in [1.29, 1.82) is 0 Å². The zero-order valence-corrected chi connectivity index (χ0v) is 12.0. The summed E-state index contributed by atoms with van der Waals surface area (Å²) in [6, 6.07) is 7.13. The van der Waals surface area contributed by atoms with E-state index in [2.05, 4.69) is 55.0 Å². The van der Waals surface area contributed by atoms with E-state index in [0.29, 0.717) is 17.5 Å². The largest absolute Gasteiger partial charge is 0.311 e. The monoisotopic (exact) mass is 247 g/mol. The first-order valence-electron chi connectivity index (χ1n) is 6.87. The van der Waals surface area contributed by atoms with Crippen molar-refractivity contribution in [2.24, 2.45) is 5.41 Å². The molecule has 1 fully saturated rings. The molecule has 0 radical (unpaired) electrons. The van der Waals surface area contributed by atoms with Crippen molar-refractivity contribution in [1.82, 2.24) is 15.2 Å². The highest BCUT2D eigenvalue weighted by atomic mass is 15.2. The molecule has 3 heteroatoms. The van der Waals surface area contributed by atoms with E-state index in [4.69, 9.17) is 0 Å². The summed E-state index contributed by atoms with van der Waals surface area (Å²) in [6.07, 6.45) is 1.88. The summed E-state index contributed by atoms with van der Waals surface area (Å²) in [5.41, 5.74) is 1.48. The number of aromatic nitrogens is 1. The zero-order valence-electron chi connectivity index (χ0n) is 12.0.